The molecule has 0 aliphatic heterocycles. The number of amides is 1. The molecule has 2 aromatic rings. The number of ether oxygens (including phenoxy) is 1. The van der Waals surface area contributed by atoms with Gasteiger partial charge in [0.25, 0.3) is 5.91 Å². The molecule has 0 aliphatic carbocycles. The van der Waals surface area contributed by atoms with Gasteiger partial charge in [-0.05, 0) is 18.2 Å². The Morgan fingerprint density at radius 3 is 3.00 bits per heavy atom. The van der Waals surface area contributed by atoms with Crippen LogP contribution in [-0.4, -0.2) is 22.6 Å². The summed E-state index contributed by atoms with van der Waals surface area (Å²) in [6.45, 7) is 0. The molecule has 2 rings (SSSR count). The number of nitrogens with one attached hydrogen (secondary N) is 1. The Bertz CT molecular complexity index is 527. The van der Waals surface area contributed by atoms with Gasteiger partial charge in [0.2, 0.25) is 0 Å². The van der Waals surface area contributed by atoms with Crippen molar-refractivity contribution < 1.29 is 9.53 Å². The van der Waals surface area contributed by atoms with Crippen LogP contribution in [0.25, 0.3) is 0 Å². The quantitative estimate of drug-likeness (QED) is 0.803. The molecule has 0 aliphatic rings. The van der Waals surface area contributed by atoms with E-state index in [0.717, 1.165) is 11.5 Å². The van der Waals surface area contributed by atoms with Crippen LogP contribution in [0.2, 0.25) is 0 Å². The summed E-state index contributed by atoms with van der Waals surface area (Å²) >= 11 is 1.10. The molecule has 7 heteroatoms. The van der Waals surface area contributed by atoms with E-state index < -0.39 is 0 Å². The topological polar surface area (TPSA) is 90.1 Å². The highest BCUT2D eigenvalue weighted by atomic mass is 32.1. The first-order chi connectivity index (χ1) is 8.20. The van der Waals surface area contributed by atoms with Crippen molar-refractivity contribution in [3.8, 4) is 5.75 Å². The zero-order valence-electron chi connectivity index (χ0n) is 9.01. The molecule has 0 saturated carbocycles. The van der Waals surface area contributed by atoms with Crippen LogP contribution < -0.4 is 15.8 Å². The molecule has 0 atom stereocenters. The number of benzene rings is 1. The average Bonchev–Trinajstić information content (AvgIpc) is 2.81. The molecule has 3 N–H and O–H groups in total. The third-order valence-electron chi connectivity index (χ3n) is 2.07. The van der Waals surface area contributed by atoms with Crippen molar-refractivity contribution in [3.63, 3.8) is 0 Å². The largest absolute Gasteiger partial charge is 0.496 e. The van der Waals surface area contributed by atoms with Crippen molar-refractivity contribution in [2.45, 2.75) is 0 Å². The van der Waals surface area contributed by atoms with Crippen LogP contribution in [0.15, 0.2) is 24.4 Å². The second kappa shape index (κ2) is 4.79. The number of nitrogens with zero attached hydrogens (tertiary/aromatic N) is 2. The number of methoxy groups -OCH3 is 1. The first-order valence-corrected chi connectivity index (χ1v) is 5.50. The highest BCUT2D eigenvalue weighted by Gasteiger charge is 2.13. The Balaban J connectivity index is 2.26. The standard InChI is InChI=1S/C10H10N4O2S/c1-16-8-3-2-6(11)4-7(8)10(15)13-9-5-12-14-17-9/h2-5H,11H2,1H3,(H,13,15). The van der Waals surface area contributed by atoms with Crippen LogP contribution in [0.3, 0.4) is 0 Å². The van der Waals surface area contributed by atoms with E-state index in [4.69, 9.17) is 10.5 Å². The minimum atomic E-state index is -0.305. The van der Waals surface area contributed by atoms with E-state index in [1.807, 2.05) is 0 Å². The Morgan fingerprint density at radius 2 is 2.35 bits per heavy atom. The smallest absolute Gasteiger partial charge is 0.260 e. The molecule has 0 bridgehead atoms. The van der Waals surface area contributed by atoms with Gasteiger partial charge in [0.15, 0.2) is 0 Å². The number of rotatable bonds is 3. The lowest BCUT2D eigenvalue weighted by atomic mass is 10.1. The first-order valence-electron chi connectivity index (χ1n) is 4.73. The summed E-state index contributed by atoms with van der Waals surface area (Å²) in [7, 11) is 1.50. The SMILES string of the molecule is COc1ccc(N)cc1C(=O)Nc1cnns1. The van der Waals surface area contributed by atoms with E-state index in [2.05, 4.69) is 14.9 Å². The number of aromatic nitrogens is 2. The molecule has 6 nitrogen and oxygen atoms in total. The molecular formula is C10H10N4O2S. The molecule has 0 unspecified atom stereocenters. The normalized spacial score (nSPS) is 9.94. The van der Waals surface area contributed by atoms with Gasteiger partial charge < -0.3 is 15.8 Å². The predicted molar refractivity (Wildman–Crippen MR) is 65.3 cm³/mol. The van der Waals surface area contributed by atoms with E-state index in [1.165, 1.54) is 13.3 Å². The molecule has 0 fully saturated rings. The van der Waals surface area contributed by atoms with Crippen molar-refractivity contribution in [1.82, 2.24) is 9.59 Å². The number of carbonyl (C=O) groups is 1. The summed E-state index contributed by atoms with van der Waals surface area (Å²) in [5.41, 5.74) is 6.51. The second-order valence-corrected chi connectivity index (χ2v) is 3.98. The van der Waals surface area contributed by atoms with Crippen LogP contribution in [0.1, 0.15) is 10.4 Å². The van der Waals surface area contributed by atoms with Gasteiger partial charge in [-0.15, -0.1) is 5.10 Å². The Hall–Kier alpha value is -2.15. The number of hydrogen-bond donors (Lipinski definition) is 2. The highest BCUT2D eigenvalue weighted by molar-refractivity contribution is 7.10. The van der Waals surface area contributed by atoms with Gasteiger partial charge in [-0.1, -0.05) is 4.49 Å². The zero-order chi connectivity index (χ0) is 12.3. The zero-order valence-corrected chi connectivity index (χ0v) is 9.82. The summed E-state index contributed by atoms with van der Waals surface area (Å²) in [4.78, 5) is 11.9. The molecule has 1 amide bonds. The van der Waals surface area contributed by atoms with Gasteiger partial charge in [-0.3, -0.25) is 4.79 Å². The lowest BCUT2D eigenvalue weighted by Gasteiger charge is -2.08. The fraction of sp³-hybridized carbons (Fsp3) is 0.100. The molecule has 0 radical (unpaired) electrons. The number of nitrogen functional groups attached to an aromatic ring is 1. The lowest BCUT2D eigenvalue weighted by molar-refractivity contribution is 0.102. The minimum Gasteiger partial charge on any atom is -0.496 e. The van der Waals surface area contributed by atoms with Gasteiger partial charge in [-0.25, -0.2) is 0 Å². The van der Waals surface area contributed by atoms with Crippen LogP contribution >= 0.6 is 11.5 Å². The number of hydrogen-bond acceptors (Lipinski definition) is 6. The predicted octanol–water partition coefficient (Wildman–Crippen LogP) is 1.38. The number of nitrogens with two attached hydrogens (primary N) is 1. The lowest BCUT2D eigenvalue weighted by Crippen LogP contribution is -2.12. The second-order valence-electron chi connectivity index (χ2n) is 3.20. The summed E-state index contributed by atoms with van der Waals surface area (Å²) in [5, 5.41) is 6.86. The first kappa shape index (κ1) is 11.3. The van der Waals surface area contributed by atoms with Gasteiger partial charge >= 0.3 is 0 Å². The van der Waals surface area contributed by atoms with Crippen molar-refractivity contribution in [3.05, 3.63) is 30.0 Å². The molecule has 0 saturated heterocycles. The van der Waals surface area contributed by atoms with Gasteiger partial charge in [0, 0.05) is 17.2 Å². The maximum atomic E-state index is 11.9. The molecule has 1 aromatic carbocycles. The van der Waals surface area contributed by atoms with Gasteiger partial charge in [-0.2, -0.15) is 0 Å². The van der Waals surface area contributed by atoms with E-state index in [0.29, 0.717) is 22.0 Å². The highest BCUT2D eigenvalue weighted by Crippen LogP contribution is 2.22. The van der Waals surface area contributed by atoms with E-state index in [1.54, 1.807) is 18.2 Å². The third-order valence-corrected chi connectivity index (χ3v) is 2.65. The monoisotopic (exact) mass is 250 g/mol. The fourth-order valence-electron chi connectivity index (χ4n) is 1.30. The summed E-state index contributed by atoms with van der Waals surface area (Å²) in [5.74, 6) is 0.161. The number of anilines is 2. The summed E-state index contributed by atoms with van der Waals surface area (Å²) in [6, 6.07) is 4.88. The number of carbonyl (C=O) groups excluding carboxylic acids is 1. The molecule has 1 aromatic heterocycles. The summed E-state index contributed by atoms with van der Waals surface area (Å²) in [6.07, 6.45) is 1.47. The Kier molecular flexibility index (Phi) is 3.20. The van der Waals surface area contributed by atoms with Crippen LogP contribution in [-0.2, 0) is 0 Å². The summed E-state index contributed by atoms with van der Waals surface area (Å²) < 4.78 is 8.75. The van der Waals surface area contributed by atoms with Gasteiger partial charge in [0.05, 0.1) is 18.9 Å². The fourth-order valence-corrected chi connectivity index (χ4v) is 1.72. The van der Waals surface area contributed by atoms with Crippen LogP contribution in [0.5, 0.6) is 5.75 Å². The van der Waals surface area contributed by atoms with E-state index >= 15 is 0 Å². The van der Waals surface area contributed by atoms with Crippen molar-refractivity contribution in [2.24, 2.45) is 0 Å². The van der Waals surface area contributed by atoms with Crippen molar-refractivity contribution >= 4 is 28.1 Å². The van der Waals surface area contributed by atoms with Crippen LogP contribution in [0.4, 0.5) is 10.7 Å². The Morgan fingerprint density at radius 1 is 1.53 bits per heavy atom. The third kappa shape index (κ3) is 2.51. The van der Waals surface area contributed by atoms with Crippen molar-refractivity contribution in [2.75, 3.05) is 18.2 Å². The van der Waals surface area contributed by atoms with Crippen molar-refractivity contribution in [1.29, 1.82) is 0 Å². The minimum absolute atomic E-state index is 0.305. The van der Waals surface area contributed by atoms with E-state index in [9.17, 15) is 4.79 Å². The molecule has 17 heavy (non-hydrogen) atoms. The molecule has 0 spiro atoms. The maximum Gasteiger partial charge on any atom is 0.260 e. The maximum absolute atomic E-state index is 11.9. The van der Waals surface area contributed by atoms with Crippen LogP contribution in [0, 0.1) is 0 Å². The molecular weight excluding hydrogens is 240 g/mol. The Labute approximate surface area is 102 Å². The van der Waals surface area contributed by atoms with Gasteiger partial charge in [0.1, 0.15) is 10.8 Å². The average molecular weight is 250 g/mol. The van der Waals surface area contributed by atoms with E-state index in [-0.39, 0.29) is 5.91 Å². The molecule has 88 valence electrons. The molecule has 1 heterocycles.